The molecule has 1 amide bonds. The van der Waals surface area contributed by atoms with Crippen molar-refractivity contribution in [2.24, 2.45) is 0 Å². The summed E-state index contributed by atoms with van der Waals surface area (Å²) in [7, 11) is 3.60. The van der Waals surface area contributed by atoms with Gasteiger partial charge in [-0.05, 0) is 11.1 Å². The molecule has 2 nitrogen and oxygen atoms in total. The molecule has 0 aliphatic rings. The van der Waals surface area contributed by atoms with Crippen molar-refractivity contribution in [3.8, 4) is 0 Å². The Labute approximate surface area is 114 Å². The normalized spacial score (nSPS) is 10.5. The number of carbonyl (C=O) groups excluding carboxylic acids is 1. The van der Waals surface area contributed by atoms with E-state index in [0.717, 1.165) is 0 Å². The molecule has 0 unspecified atom stereocenters. The summed E-state index contributed by atoms with van der Waals surface area (Å²) in [5.74, 6) is 0.273. The highest BCUT2D eigenvalue weighted by Crippen LogP contribution is 2.28. The molecule has 0 saturated carbocycles. The van der Waals surface area contributed by atoms with Gasteiger partial charge >= 0.3 is 0 Å². The van der Waals surface area contributed by atoms with Gasteiger partial charge in [-0.3, -0.25) is 4.79 Å². The molecule has 2 aromatic carbocycles. The summed E-state index contributed by atoms with van der Waals surface area (Å²) in [6, 6.07) is 20.4. The standard InChI is InChI=1S/C17H19NO/c1-18(2)17(19)13-16(14-9-5-3-6-10-14)15-11-7-4-8-12-15/h3-12,16H,13H2,1-2H3. The molecule has 0 saturated heterocycles. The van der Waals surface area contributed by atoms with E-state index >= 15 is 0 Å². The summed E-state index contributed by atoms with van der Waals surface area (Å²) < 4.78 is 0. The second kappa shape index (κ2) is 6.19. The first-order valence-electron chi connectivity index (χ1n) is 6.48. The van der Waals surface area contributed by atoms with Crippen molar-refractivity contribution in [3.05, 3.63) is 71.8 Å². The van der Waals surface area contributed by atoms with Crippen molar-refractivity contribution in [2.45, 2.75) is 12.3 Å². The highest BCUT2D eigenvalue weighted by molar-refractivity contribution is 5.77. The van der Waals surface area contributed by atoms with Crippen LogP contribution in [0.3, 0.4) is 0 Å². The van der Waals surface area contributed by atoms with E-state index in [1.807, 2.05) is 36.4 Å². The van der Waals surface area contributed by atoms with Crippen molar-refractivity contribution < 1.29 is 4.79 Å². The first-order valence-corrected chi connectivity index (χ1v) is 6.48. The zero-order valence-electron chi connectivity index (χ0n) is 11.4. The highest BCUT2D eigenvalue weighted by atomic mass is 16.2. The number of benzene rings is 2. The number of hydrogen-bond donors (Lipinski definition) is 0. The van der Waals surface area contributed by atoms with E-state index in [0.29, 0.717) is 6.42 Å². The van der Waals surface area contributed by atoms with Gasteiger partial charge in [-0.1, -0.05) is 60.7 Å². The maximum Gasteiger partial charge on any atom is 0.223 e. The number of nitrogens with zero attached hydrogens (tertiary/aromatic N) is 1. The molecule has 0 bridgehead atoms. The first-order chi connectivity index (χ1) is 9.18. The smallest absolute Gasteiger partial charge is 0.223 e. The molecular weight excluding hydrogens is 234 g/mol. The zero-order chi connectivity index (χ0) is 13.7. The van der Waals surface area contributed by atoms with Gasteiger partial charge in [0.2, 0.25) is 5.91 Å². The lowest BCUT2D eigenvalue weighted by Crippen LogP contribution is -2.24. The second-order valence-corrected chi connectivity index (χ2v) is 4.87. The molecule has 2 aromatic rings. The summed E-state index contributed by atoms with van der Waals surface area (Å²) in [5.41, 5.74) is 2.37. The first kappa shape index (κ1) is 13.3. The van der Waals surface area contributed by atoms with Gasteiger partial charge in [-0.15, -0.1) is 0 Å². The summed E-state index contributed by atoms with van der Waals surface area (Å²) in [6.45, 7) is 0. The summed E-state index contributed by atoms with van der Waals surface area (Å²) >= 11 is 0. The van der Waals surface area contributed by atoms with E-state index in [1.54, 1.807) is 19.0 Å². The molecule has 0 aliphatic heterocycles. The Kier molecular flexibility index (Phi) is 4.35. The van der Waals surface area contributed by atoms with Crippen LogP contribution >= 0.6 is 0 Å². The van der Waals surface area contributed by atoms with Crippen molar-refractivity contribution >= 4 is 5.91 Å². The van der Waals surface area contributed by atoms with Gasteiger partial charge in [0.05, 0.1) is 0 Å². The third-order valence-electron chi connectivity index (χ3n) is 3.28. The average Bonchev–Trinajstić information content (AvgIpc) is 2.46. The molecule has 0 fully saturated rings. The van der Waals surface area contributed by atoms with Gasteiger partial charge in [-0.25, -0.2) is 0 Å². The number of rotatable bonds is 4. The van der Waals surface area contributed by atoms with Crippen LogP contribution in [0.2, 0.25) is 0 Å². The van der Waals surface area contributed by atoms with Gasteiger partial charge in [0.25, 0.3) is 0 Å². The average molecular weight is 253 g/mol. The Bertz CT molecular complexity index is 480. The number of amides is 1. The van der Waals surface area contributed by atoms with Gasteiger partial charge < -0.3 is 4.90 Å². The lowest BCUT2D eigenvalue weighted by molar-refractivity contribution is -0.128. The van der Waals surface area contributed by atoms with E-state index in [-0.39, 0.29) is 11.8 Å². The Morgan fingerprint density at radius 3 is 1.68 bits per heavy atom. The van der Waals surface area contributed by atoms with Gasteiger partial charge in [0.1, 0.15) is 0 Å². The van der Waals surface area contributed by atoms with Crippen molar-refractivity contribution in [3.63, 3.8) is 0 Å². The van der Waals surface area contributed by atoms with Crippen molar-refractivity contribution in [2.75, 3.05) is 14.1 Å². The minimum atomic E-state index is 0.122. The summed E-state index contributed by atoms with van der Waals surface area (Å²) in [4.78, 5) is 13.7. The molecule has 0 spiro atoms. The monoisotopic (exact) mass is 253 g/mol. The lowest BCUT2D eigenvalue weighted by Gasteiger charge is -2.20. The molecular formula is C17H19NO. The van der Waals surface area contributed by atoms with Crippen LogP contribution < -0.4 is 0 Å². The number of carbonyl (C=O) groups is 1. The maximum atomic E-state index is 12.0. The molecule has 2 heteroatoms. The molecule has 98 valence electrons. The predicted molar refractivity (Wildman–Crippen MR) is 78.0 cm³/mol. The summed E-state index contributed by atoms with van der Waals surface area (Å²) in [5, 5.41) is 0. The third-order valence-corrected chi connectivity index (χ3v) is 3.28. The van der Waals surface area contributed by atoms with E-state index in [2.05, 4.69) is 24.3 Å². The van der Waals surface area contributed by atoms with E-state index in [4.69, 9.17) is 0 Å². The fourth-order valence-electron chi connectivity index (χ4n) is 2.16. The third kappa shape index (κ3) is 3.44. The van der Waals surface area contributed by atoms with Crippen LogP contribution in [-0.4, -0.2) is 24.9 Å². The van der Waals surface area contributed by atoms with Crippen molar-refractivity contribution in [1.82, 2.24) is 4.90 Å². The van der Waals surface area contributed by atoms with Crippen molar-refractivity contribution in [1.29, 1.82) is 0 Å². The fraction of sp³-hybridized carbons (Fsp3) is 0.235. The Balaban J connectivity index is 2.32. The Morgan fingerprint density at radius 1 is 0.895 bits per heavy atom. The largest absolute Gasteiger partial charge is 0.349 e. The van der Waals surface area contributed by atoms with Crippen LogP contribution in [-0.2, 0) is 4.79 Å². The van der Waals surface area contributed by atoms with Crippen LogP contribution in [0.4, 0.5) is 0 Å². The molecule has 0 heterocycles. The Hall–Kier alpha value is -2.09. The Morgan fingerprint density at radius 2 is 1.32 bits per heavy atom. The summed E-state index contributed by atoms with van der Waals surface area (Å²) in [6.07, 6.45) is 0.501. The van der Waals surface area contributed by atoms with Crippen LogP contribution in [0.25, 0.3) is 0 Å². The van der Waals surface area contributed by atoms with Gasteiger partial charge in [0, 0.05) is 26.4 Å². The molecule has 0 aliphatic carbocycles. The topological polar surface area (TPSA) is 20.3 Å². The van der Waals surface area contributed by atoms with Crippen LogP contribution in [0, 0.1) is 0 Å². The minimum absolute atomic E-state index is 0.122. The second-order valence-electron chi connectivity index (χ2n) is 4.87. The molecule has 0 aromatic heterocycles. The molecule has 0 atom stereocenters. The van der Waals surface area contributed by atoms with Crippen LogP contribution in [0.1, 0.15) is 23.5 Å². The quantitative estimate of drug-likeness (QED) is 0.818. The predicted octanol–water partition coefficient (Wildman–Crippen LogP) is 3.30. The van der Waals surface area contributed by atoms with Crippen LogP contribution in [0.15, 0.2) is 60.7 Å². The molecule has 2 rings (SSSR count). The van der Waals surface area contributed by atoms with E-state index in [9.17, 15) is 4.79 Å². The SMILES string of the molecule is CN(C)C(=O)CC(c1ccccc1)c1ccccc1. The zero-order valence-corrected chi connectivity index (χ0v) is 11.4. The molecule has 19 heavy (non-hydrogen) atoms. The van der Waals surface area contributed by atoms with Gasteiger partial charge in [-0.2, -0.15) is 0 Å². The number of hydrogen-bond acceptors (Lipinski definition) is 1. The highest BCUT2D eigenvalue weighted by Gasteiger charge is 2.18. The van der Waals surface area contributed by atoms with E-state index < -0.39 is 0 Å². The maximum absolute atomic E-state index is 12.0. The van der Waals surface area contributed by atoms with E-state index in [1.165, 1.54) is 11.1 Å². The van der Waals surface area contributed by atoms with Gasteiger partial charge in [0.15, 0.2) is 0 Å². The fourth-order valence-corrected chi connectivity index (χ4v) is 2.16. The van der Waals surface area contributed by atoms with Crippen LogP contribution in [0.5, 0.6) is 0 Å². The molecule has 0 radical (unpaired) electrons. The molecule has 0 N–H and O–H groups in total. The minimum Gasteiger partial charge on any atom is -0.349 e. The lowest BCUT2D eigenvalue weighted by atomic mass is 9.88.